The molecule has 0 saturated heterocycles. The molecular weight excluding hydrogens is 523 g/mol. The van der Waals surface area contributed by atoms with E-state index in [1.807, 2.05) is 24.3 Å². The fourth-order valence-electron chi connectivity index (χ4n) is 3.11. The molecule has 194 valence electrons. The van der Waals surface area contributed by atoms with Crippen molar-refractivity contribution in [3.8, 4) is 0 Å². The molecule has 0 bridgehead atoms. The standard InChI is InChI=1S/C26H26N4O6.Ni/c1-5-35-25(33)17(15(3)31)13-27-21-11-23-24(30-20-10-8-7-9-19(20)29-23)12-22(21)28-14-18(16(4)32)26(34)36-6-2;/h7-14,31-32H,5-6H2,1-4H3;/q;+2/p-2/b17-15+,18-16+,27-13?,28-14?;. The van der Waals surface area contributed by atoms with Crippen LogP contribution in [0.25, 0.3) is 22.1 Å². The van der Waals surface area contributed by atoms with Crippen molar-refractivity contribution >= 4 is 57.8 Å². The molecule has 0 aliphatic rings. The molecule has 11 heteroatoms. The molecule has 37 heavy (non-hydrogen) atoms. The second-order valence-corrected chi connectivity index (χ2v) is 7.44. The molecule has 3 aromatic rings. The molecule has 0 fully saturated rings. The van der Waals surface area contributed by atoms with Crippen molar-refractivity contribution in [3.63, 3.8) is 0 Å². The van der Waals surface area contributed by atoms with Gasteiger partial charge in [0.15, 0.2) is 0 Å². The van der Waals surface area contributed by atoms with E-state index < -0.39 is 23.5 Å². The van der Waals surface area contributed by atoms with Gasteiger partial charge in [-0.1, -0.05) is 26.0 Å². The van der Waals surface area contributed by atoms with Gasteiger partial charge in [0.1, 0.15) is 0 Å². The van der Waals surface area contributed by atoms with Gasteiger partial charge in [-0.25, -0.2) is 19.6 Å². The van der Waals surface area contributed by atoms with Gasteiger partial charge in [0.25, 0.3) is 0 Å². The van der Waals surface area contributed by atoms with Gasteiger partial charge in [-0.2, -0.15) is 0 Å². The number of esters is 2. The summed E-state index contributed by atoms with van der Waals surface area (Å²) >= 11 is 0. The maximum Gasteiger partial charge on any atom is 2.00 e. The van der Waals surface area contributed by atoms with Crippen LogP contribution in [0.5, 0.6) is 0 Å². The molecule has 0 radical (unpaired) electrons. The molecule has 0 N–H and O–H groups in total. The number of benzene rings is 2. The number of carbonyl (C=O) groups excluding carboxylic acids is 2. The summed E-state index contributed by atoms with van der Waals surface area (Å²) in [5.41, 5.74) is 2.23. The Morgan fingerprint density at radius 1 is 0.784 bits per heavy atom. The van der Waals surface area contributed by atoms with Gasteiger partial charge in [0.05, 0.1) is 57.8 Å². The molecule has 0 atom stereocenters. The fourth-order valence-corrected chi connectivity index (χ4v) is 3.11. The Kier molecular flexibility index (Phi) is 10.4. The zero-order chi connectivity index (χ0) is 26.2. The van der Waals surface area contributed by atoms with Crippen LogP contribution in [-0.4, -0.2) is 47.5 Å². The summed E-state index contributed by atoms with van der Waals surface area (Å²) in [6, 6.07) is 10.5. The van der Waals surface area contributed by atoms with Crippen LogP contribution in [0.15, 0.2) is 69.0 Å². The van der Waals surface area contributed by atoms with Gasteiger partial charge in [-0.05, 0) is 38.1 Å². The van der Waals surface area contributed by atoms with Crippen molar-refractivity contribution in [2.75, 3.05) is 13.2 Å². The first kappa shape index (κ1) is 29.1. The van der Waals surface area contributed by atoms with Crippen molar-refractivity contribution in [1.29, 1.82) is 0 Å². The Labute approximate surface area is 223 Å². The molecule has 0 aliphatic carbocycles. The van der Waals surface area contributed by atoms with Crippen molar-refractivity contribution in [1.82, 2.24) is 9.97 Å². The Hall–Kier alpha value is -4.11. The Bertz CT molecular complexity index is 1330. The van der Waals surface area contributed by atoms with Gasteiger partial charge < -0.3 is 19.7 Å². The molecule has 0 aliphatic heterocycles. The summed E-state index contributed by atoms with van der Waals surface area (Å²) in [7, 11) is 0. The largest absolute Gasteiger partial charge is 2.00 e. The summed E-state index contributed by atoms with van der Waals surface area (Å²) in [6.07, 6.45) is 2.19. The SMILES string of the molecule is CCOC(=O)/C(C=Nc1cc2nc3ccccc3nc2cc1N=C/C(C(=O)OCC)=C(/C)[O-])=C(\C)[O-].[Ni+2]. The zero-order valence-electron chi connectivity index (χ0n) is 20.6. The van der Waals surface area contributed by atoms with Crippen molar-refractivity contribution in [3.05, 3.63) is 59.1 Å². The molecule has 3 rings (SSSR count). The first-order chi connectivity index (χ1) is 17.2. The third-order valence-corrected chi connectivity index (χ3v) is 4.85. The summed E-state index contributed by atoms with van der Waals surface area (Å²) < 4.78 is 9.85. The first-order valence-electron chi connectivity index (χ1n) is 11.1. The fraction of sp³-hybridized carbons (Fsp3) is 0.231. The van der Waals surface area contributed by atoms with Crippen LogP contribution in [0.4, 0.5) is 11.4 Å². The average Bonchev–Trinajstić information content (AvgIpc) is 2.83. The molecule has 0 amide bonds. The number of fused-ring (bicyclic) bond motifs is 2. The van der Waals surface area contributed by atoms with Gasteiger partial charge in [-0.15, -0.1) is 11.5 Å². The molecule has 1 aromatic heterocycles. The van der Waals surface area contributed by atoms with E-state index in [1.165, 1.54) is 13.8 Å². The maximum atomic E-state index is 12.2. The van der Waals surface area contributed by atoms with E-state index in [0.717, 1.165) is 12.4 Å². The van der Waals surface area contributed by atoms with Crippen LogP contribution < -0.4 is 10.2 Å². The van der Waals surface area contributed by atoms with Gasteiger partial charge >= 0.3 is 28.4 Å². The number of hydrogen-bond acceptors (Lipinski definition) is 10. The number of para-hydroxylation sites is 2. The van der Waals surface area contributed by atoms with Crippen molar-refractivity contribution in [2.45, 2.75) is 27.7 Å². The zero-order valence-corrected chi connectivity index (χ0v) is 21.6. The van der Waals surface area contributed by atoms with Crippen LogP contribution in [0.1, 0.15) is 27.7 Å². The molecule has 1 heterocycles. The van der Waals surface area contributed by atoms with Crippen molar-refractivity contribution in [2.24, 2.45) is 9.98 Å². The monoisotopic (exact) mass is 546 g/mol. The molecule has 0 saturated carbocycles. The number of aromatic nitrogens is 2. The number of rotatable bonds is 8. The Morgan fingerprint density at radius 3 is 1.49 bits per heavy atom. The topological polar surface area (TPSA) is 149 Å². The van der Waals surface area contributed by atoms with Crippen LogP contribution in [0.2, 0.25) is 0 Å². The van der Waals surface area contributed by atoms with E-state index in [9.17, 15) is 19.8 Å². The van der Waals surface area contributed by atoms with Crippen LogP contribution in [0, 0.1) is 0 Å². The van der Waals surface area contributed by atoms with Gasteiger partial charge in [-0.3, -0.25) is 9.98 Å². The van der Waals surface area contributed by atoms with Crippen molar-refractivity contribution < 1.29 is 45.8 Å². The second-order valence-electron chi connectivity index (χ2n) is 7.44. The number of carbonyl (C=O) groups is 2. The van der Waals surface area contributed by atoms with Crippen LogP contribution in [-0.2, 0) is 35.6 Å². The maximum absolute atomic E-state index is 12.2. The number of ether oxygens (including phenoxy) is 2. The van der Waals surface area contributed by atoms with Crippen LogP contribution in [0.3, 0.4) is 0 Å². The molecule has 10 nitrogen and oxygen atoms in total. The quantitative estimate of drug-likeness (QED) is 0.104. The smallest absolute Gasteiger partial charge is 0.875 e. The minimum absolute atomic E-state index is 0. The number of aliphatic imine (C=N–C) groups is 2. The average molecular weight is 547 g/mol. The van der Waals surface area contributed by atoms with Gasteiger partial charge in [0, 0.05) is 12.4 Å². The molecular formula is C26H24N4NiO6. The molecule has 2 aromatic carbocycles. The Balaban J connectivity index is 0.00000481. The normalized spacial score (nSPS) is 12.9. The third kappa shape index (κ3) is 7.21. The van der Waals surface area contributed by atoms with E-state index in [4.69, 9.17) is 9.47 Å². The van der Waals surface area contributed by atoms with Gasteiger partial charge in [0.2, 0.25) is 0 Å². The summed E-state index contributed by atoms with van der Waals surface area (Å²) in [5.74, 6) is -2.66. The Morgan fingerprint density at radius 2 is 1.16 bits per heavy atom. The third-order valence-electron chi connectivity index (χ3n) is 4.85. The summed E-state index contributed by atoms with van der Waals surface area (Å²) in [5, 5.41) is 24.0. The number of allylic oxidation sites excluding steroid dienone is 2. The number of nitrogens with zero attached hydrogens (tertiary/aromatic N) is 4. The summed E-state index contributed by atoms with van der Waals surface area (Å²) in [4.78, 5) is 42.1. The molecule has 0 spiro atoms. The van der Waals surface area contributed by atoms with E-state index in [2.05, 4.69) is 20.0 Å². The van der Waals surface area contributed by atoms with E-state index in [0.29, 0.717) is 22.1 Å². The second kappa shape index (κ2) is 13.3. The van der Waals surface area contributed by atoms with E-state index in [-0.39, 0.29) is 52.2 Å². The minimum Gasteiger partial charge on any atom is -0.875 e. The number of hydrogen-bond donors (Lipinski definition) is 0. The van der Waals surface area contributed by atoms with Crippen LogP contribution >= 0.6 is 0 Å². The predicted molar refractivity (Wildman–Crippen MR) is 132 cm³/mol. The first-order valence-corrected chi connectivity index (χ1v) is 11.1. The molecule has 0 unspecified atom stereocenters. The predicted octanol–water partition coefficient (Wildman–Crippen LogP) is 2.58. The summed E-state index contributed by atoms with van der Waals surface area (Å²) in [6.45, 7) is 5.88. The van der Waals surface area contributed by atoms with E-state index in [1.54, 1.807) is 26.0 Å². The minimum atomic E-state index is -0.806. The van der Waals surface area contributed by atoms with E-state index >= 15 is 0 Å².